The van der Waals surface area contributed by atoms with E-state index < -0.39 is 10.8 Å². The van der Waals surface area contributed by atoms with Crippen molar-refractivity contribution in [2.45, 2.75) is 33.1 Å². The van der Waals surface area contributed by atoms with E-state index in [0.717, 1.165) is 23.0 Å². The van der Waals surface area contributed by atoms with E-state index in [1.165, 1.54) is 0 Å². The van der Waals surface area contributed by atoms with Crippen molar-refractivity contribution in [3.63, 3.8) is 0 Å². The topological polar surface area (TPSA) is 66.9 Å². The van der Waals surface area contributed by atoms with Crippen molar-refractivity contribution < 1.29 is 4.21 Å². The lowest BCUT2D eigenvalue weighted by Crippen LogP contribution is -2.20. The van der Waals surface area contributed by atoms with Gasteiger partial charge in [-0.2, -0.15) is 0 Å². The van der Waals surface area contributed by atoms with Crippen LogP contribution in [0.3, 0.4) is 0 Å². The summed E-state index contributed by atoms with van der Waals surface area (Å²) in [6.45, 7) is 8.88. The molecule has 0 saturated heterocycles. The van der Waals surface area contributed by atoms with Crippen LogP contribution in [0.25, 0.3) is 0 Å². The van der Waals surface area contributed by atoms with Crippen LogP contribution in [0, 0.1) is 6.92 Å². The van der Waals surface area contributed by atoms with Gasteiger partial charge in [0.05, 0.1) is 0 Å². The van der Waals surface area contributed by atoms with Gasteiger partial charge < -0.3 is 10.6 Å². The van der Waals surface area contributed by atoms with Gasteiger partial charge in [0, 0.05) is 47.4 Å². The van der Waals surface area contributed by atoms with Crippen molar-refractivity contribution in [2.24, 2.45) is 0 Å². The van der Waals surface area contributed by atoms with Gasteiger partial charge in [-0.15, -0.1) is 0 Å². The second kappa shape index (κ2) is 6.32. The van der Waals surface area contributed by atoms with Crippen LogP contribution in [0.4, 0.5) is 11.6 Å². The molecule has 6 heteroatoms. The first-order chi connectivity index (χ1) is 8.75. The maximum Gasteiger partial charge on any atom is 0.138 e. The third kappa shape index (κ3) is 4.45. The zero-order valence-electron chi connectivity index (χ0n) is 12.6. The Kier molecular flexibility index (Phi) is 5.29. The lowest BCUT2D eigenvalue weighted by molar-refractivity contribution is 0.546. The molecule has 19 heavy (non-hydrogen) atoms. The molecule has 1 rings (SSSR count). The van der Waals surface area contributed by atoms with Crippen molar-refractivity contribution in [1.82, 2.24) is 9.97 Å². The molecule has 0 fully saturated rings. The minimum atomic E-state index is -0.797. The lowest BCUT2D eigenvalue weighted by Gasteiger charge is -2.20. The van der Waals surface area contributed by atoms with Crippen LogP contribution in [0.2, 0.25) is 0 Å². The summed E-state index contributed by atoms with van der Waals surface area (Å²) in [5.74, 6) is 3.06. The normalized spacial score (nSPS) is 13.2. The average molecular weight is 284 g/mol. The molecule has 0 bridgehead atoms. The minimum Gasteiger partial charge on any atom is -0.373 e. The highest BCUT2D eigenvalue weighted by molar-refractivity contribution is 7.84. The highest BCUT2D eigenvalue weighted by Gasteiger charge is 2.20. The monoisotopic (exact) mass is 284 g/mol. The van der Waals surface area contributed by atoms with Crippen LogP contribution < -0.4 is 10.6 Å². The van der Waals surface area contributed by atoms with Gasteiger partial charge >= 0.3 is 0 Å². The molecule has 1 aromatic rings. The zero-order chi connectivity index (χ0) is 14.6. The van der Waals surface area contributed by atoms with E-state index in [-0.39, 0.29) is 5.41 Å². The van der Waals surface area contributed by atoms with E-state index in [1.807, 2.05) is 14.0 Å². The van der Waals surface area contributed by atoms with Crippen LogP contribution in [0.5, 0.6) is 0 Å². The molecule has 0 spiro atoms. The molecule has 0 aliphatic rings. The van der Waals surface area contributed by atoms with Gasteiger partial charge in [-0.25, -0.2) is 9.97 Å². The van der Waals surface area contributed by atoms with Crippen molar-refractivity contribution in [3.05, 3.63) is 11.4 Å². The SMILES string of the molecule is CNc1nc(C(C)(C)C)nc(NCCS(C)=O)c1C. The fourth-order valence-electron chi connectivity index (χ4n) is 1.58. The molecule has 0 radical (unpaired) electrons. The third-order valence-electron chi connectivity index (χ3n) is 2.74. The molecule has 5 nitrogen and oxygen atoms in total. The van der Waals surface area contributed by atoms with Crippen LogP contribution in [-0.2, 0) is 16.2 Å². The van der Waals surface area contributed by atoms with Crippen molar-refractivity contribution in [2.75, 3.05) is 36.2 Å². The van der Waals surface area contributed by atoms with Crippen LogP contribution >= 0.6 is 0 Å². The second-order valence-electron chi connectivity index (χ2n) is 5.57. The summed E-state index contributed by atoms with van der Waals surface area (Å²) in [5, 5.41) is 6.34. The summed E-state index contributed by atoms with van der Waals surface area (Å²) < 4.78 is 11.1. The van der Waals surface area contributed by atoms with Gasteiger partial charge in [0.1, 0.15) is 17.5 Å². The maximum atomic E-state index is 11.1. The Hall–Kier alpha value is -1.17. The van der Waals surface area contributed by atoms with Crippen molar-refractivity contribution in [3.8, 4) is 0 Å². The van der Waals surface area contributed by atoms with Gasteiger partial charge in [0.2, 0.25) is 0 Å². The van der Waals surface area contributed by atoms with Crippen LogP contribution in [0.15, 0.2) is 0 Å². The Labute approximate surface area is 118 Å². The maximum absolute atomic E-state index is 11.1. The largest absolute Gasteiger partial charge is 0.373 e. The first-order valence-corrected chi connectivity index (χ1v) is 8.09. The standard InChI is InChI=1S/C13H24N4OS/c1-9-10(14-5)16-12(13(2,3)4)17-11(9)15-7-8-19(6)18/h7-8H2,1-6H3,(H2,14,15,16,17). The van der Waals surface area contributed by atoms with Crippen LogP contribution in [0.1, 0.15) is 32.2 Å². The zero-order valence-corrected chi connectivity index (χ0v) is 13.4. The number of rotatable bonds is 5. The summed E-state index contributed by atoms with van der Waals surface area (Å²) >= 11 is 0. The highest BCUT2D eigenvalue weighted by atomic mass is 32.2. The fourth-order valence-corrected chi connectivity index (χ4v) is 1.97. The summed E-state index contributed by atoms with van der Waals surface area (Å²) in [6, 6.07) is 0. The molecule has 2 N–H and O–H groups in total. The van der Waals surface area contributed by atoms with Crippen molar-refractivity contribution >= 4 is 22.4 Å². The molecule has 0 aliphatic heterocycles. The molecule has 0 saturated carbocycles. The molecule has 0 aliphatic carbocycles. The predicted molar refractivity (Wildman–Crippen MR) is 82.4 cm³/mol. The number of nitrogens with one attached hydrogen (secondary N) is 2. The van der Waals surface area contributed by atoms with Crippen molar-refractivity contribution in [1.29, 1.82) is 0 Å². The second-order valence-corrected chi connectivity index (χ2v) is 7.13. The Balaban J connectivity index is 3.04. The predicted octanol–water partition coefficient (Wildman–Crippen LogP) is 1.91. The van der Waals surface area contributed by atoms with E-state index in [1.54, 1.807) is 6.26 Å². The van der Waals surface area contributed by atoms with E-state index in [4.69, 9.17) is 0 Å². The van der Waals surface area contributed by atoms with E-state index in [2.05, 4.69) is 41.4 Å². The molecule has 108 valence electrons. The number of aromatic nitrogens is 2. The van der Waals surface area contributed by atoms with Gasteiger partial charge in [-0.1, -0.05) is 20.8 Å². The highest BCUT2D eigenvalue weighted by Crippen LogP contribution is 2.25. The molecule has 1 unspecified atom stereocenters. The van der Waals surface area contributed by atoms with E-state index >= 15 is 0 Å². The first-order valence-electron chi connectivity index (χ1n) is 6.36. The summed E-state index contributed by atoms with van der Waals surface area (Å²) in [7, 11) is 1.06. The van der Waals surface area contributed by atoms with Gasteiger partial charge in [0.25, 0.3) is 0 Å². The Morgan fingerprint density at radius 3 is 2.26 bits per heavy atom. The smallest absolute Gasteiger partial charge is 0.138 e. The van der Waals surface area contributed by atoms with E-state index in [0.29, 0.717) is 12.3 Å². The molecule has 0 amide bonds. The summed E-state index contributed by atoms with van der Waals surface area (Å²) in [6.07, 6.45) is 1.70. The number of hydrogen-bond acceptors (Lipinski definition) is 5. The van der Waals surface area contributed by atoms with Crippen LogP contribution in [-0.4, -0.2) is 39.8 Å². The minimum absolute atomic E-state index is 0.108. The first kappa shape index (κ1) is 15.9. The molecule has 0 aromatic carbocycles. The Morgan fingerprint density at radius 2 is 1.79 bits per heavy atom. The molecule has 1 heterocycles. The molecular weight excluding hydrogens is 260 g/mol. The number of nitrogens with zero attached hydrogens (tertiary/aromatic N) is 2. The fraction of sp³-hybridized carbons (Fsp3) is 0.692. The quantitative estimate of drug-likeness (QED) is 0.864. The van der Waals surface area contributed by atoms with Gasteiger partial charge in [-0.3, -0.25) is 4.21 Å². The summed E-state index contributed by atoms with van der Waals surface area (Å²) in [5.41, 5.74) is 0.876. The molecular formula is C13H24N4OS. The molecule has 1 aromatic heterocycles. The Bertz CT molecular complexity index is 468. The third-order valence-corrected chi connectivity index (χ3v) is 3.51. The average Bonchev–Trinajstić information content (AvgIpc) is 2.29. The van der Waals surface area contributed by atoms with Gasteiger partial charge in [0.15, 0.2) is 0 Å². The van der Waals surface area contributed by atoms with E-state index in [9.17, 15) is 4.21 Å². The number of anilines is 2. The lowest BCUT2D eigenvalue weighted by atomic mass is 9.95. The Morgan fingerprint density at radius 1 is 1.21 bits per heavy atom. The summed E-state index contributed by atoms with van der Waals surface area (Å²) in [4.78, 5) is 9.13. The van der Waals surface area contributed by atoms with Gasteiger partial charge in [-0.05, 0) is 6.92 Å². The molecule has 1 atom stereocenters. The number of hydrogen-bond donors (Lipinski definition) is 2.